The van der Waals surface area contributed by atoms with Crippen LogP contribution < -0.4 is 19.7 Å². The number of rotatable bonds is 14. The van der Waals surface area contributed by atoms with E-state index >= 15 is 0 Å². The van der Waals surface area contributed by atoms with Crippen LogP contribution in [0.15, 0.2) is 67.3 Å². The highest BCUT2D eigenvalue weighted by Crippen LogP contribution is 2.37. The first-order valence-corrected chi connectivity index (χ1v) is 16.3. The van der Waals surface area contributed by atoms with E-state index in [4.69, 9.17) is 37.7 Å². The summed E-state index contributed by atoms with van der Waals surface area (Å²) in [6, 6.07) is 14.2. The average molecular weight is 704 g/mol. The number of halogens is 2. The predicted octanol–water partition coefficient (Wildman–Crippen LogP) is 6.44. The van der Waals surface area contributed by atoms with Crippen LogP contribution in [0.2, 0.25) is 10.0 Å². The van der Waals surface area contributed by atoms with Crippen molar-refractivity contribution in [3.8, 4) is 11.5 Å². The summed E-state index contributed by atoms with van der Waals surface area (Å²) in [6.07, 6.45) is 6.00. The molecule has 0 bridgehead atoms. The van der Waals surface area contributed by atoms with E-state index in [-0.39, 0.29) is 48.5 Å². The van der Waals surface area contributed by atoms with Gasteiger partial charge in [-0.05, 0) is 49.2 Å². The van der Waals surface area contributed by atoms with Crippen LogP contribution in [0.25, 0.3) is 10.9 Å². The molecule has 0 radical (unpaired) electrons. The SMILES string of the molecule is CNC(=O)c1ccc(CCC(=O)CCC(=O)N(C)c2ccc(Cl)c(COc3cccc4c(OCc5cn(C)cn5)cc(C)nc34)c2Cl)cn1. The maximum atomic E-state index is 13.1. The van der Waals surface area contributed by atoms with Gasteiger partial charge in [-0.15, -0.1) is 0 Å². The molecule has 2 amide bonds. The molecule has 0 spiro atoms. The minimum absolute atomic E-state index is 0.0136. The van der Waals surface area contributed by atoms with Crippen LogP contribution in [0.3, 0.4) is 0 Å². The quantitative estimate of drug-likeness (QED) is 0.140. The lowest BCUT2D eigenvalue weighted by Crippen LogP contribution is -2.27. The third-order valence-electron chi connectivity index (χ3n) is 7.89. The molecule has 0 atom stereocenters. The van der Waals surface area contributed by atoms with Gasteiger partial charge in [-0.1, -0.05) is 35.3 Å². The molecule has 0 aliphatic rings. The number of aryl methyl sites for hydroxylation is 3. The Morgan fingerprint density at radius 1 is 0.959 bits per heavy atom. The number of anilines is 1. The second-order valence-electron chi connectivity index (χ2n) is 11.5. The lowest BCUT2D eigenvalue weighted by atomic mass is 10.1. The van der Waals surface area contributed by atoms with Crippen molar-refractivity contribution < 1.29 is 23.9 Å². The van der Waals surface area contributed by atoms with E-state index in [2.05, 4.69) is 15.3 Å². The minimum Gasteiger partial charge on any atom is -0.487 e. The van der Waals surface area contributed by atoms with Gasteiger partial charge in [-0.2, -0.15) is 0 Å². The van der Waals surface area contributed by atoms with E-state index in [1.165, 1.54) is 11.9 Å². The second-order valence-corrected chi connectivity index (χ2v) is 12.3. The van der Waals surface area contributed by atoms with Crippen LogP contribution in [0.5, 0.6) is 11.5 Å². The summed E-state index contributed by atoms with van der Waals surface area (Å²) in [5.41, 5.74) is 4.26. The third kappa shape index (κ3) is 8.73. The summed E-state index contributed by atoms with van der Waals surface area (Å²) < 4.78 is 14.2. The highest BCUT2D eigenvalue weighted by Gasteiger charge is 2.20. The van der Waals surface area contributed by atoms with Gasteiger partial charge in [0.1, 0.15) is 41.7 Å². The van der Waals surface area contributed by atoms with Gasteiger partial charge < -0.3 is 24.3 Å². The van der Waals surface area contributed by atoms with Crippen molar-refractivity contribution in [3.05, 3.63) is 106 Å². The number of imidazole rings is 1. The summed E-state index contributed by atoms with van der Waals surface area (Å²) in [5.74, 6) is 0.567. The summed E-state index contributed by atoms with van der Waals surface area (Å²) in [7, 11) is 5.05. The van der Waals surface area contributed by atoms with Crippen molar-refractivity contribution >= 4 is 57.4 Å². The first-order valence-electron chi connectivity index (χ1n) is 15.6. The fourth-order valence-corrected chi connectivity index (χ4v) is 5.77. The molecule has 0 aliphatic carbocycles. The van der Waals surface area contributed by atoms with Crippen molar-refractivity contribution in [2.24, 2.45) is 7.05 Å². The molecule has 49 heavy (non-hydrogen) atoms. The molecular formula is C36H36Cl2N6O5. The molecule has 1 N–H and O–H groups in total. The molecule has 5 rings (SSSR count). The molecule has 0 fully saturated rings. The number of hydrogen-bond acceptors (Lipinski definition) is 8. The monoisotopic (exact) mass is 702 g/mol. The number of benzene rings is 2. The largest absolute Gasteiger partial charge is 0.487 e. The maximum absolute atomic E-state index is 13.1. The standard InChI is InChI=1S/C36H36Cl2N6O5/c1-22-16-32(48-19-24-18-43(3)21-41-24)26-6-5-7-31(35(26)42-22)49-20-27-28(37)12-14-30(34(27)38)44(4)33(46)15-11-25(45)10-8-23-9-13-29(40-17-23)36(47)39-2/h5-7,9,12-14,16-18,21H,8,10-11,15,19-20H2,1-4H3,(H,39,47). The molecule has 254 valence electrons. The van der Waals surface area contributed by atoms with Crippen molar-refractivity contribution in [1.29, 1.82) is 0 Å². The number of fused-ring (bicyclic) bond motifs is 1. The summed E-state index contributed by atoms with van der Waals surface area (Å²) in [6.45, 7) is 2.20. The second kappa shape index (κ2) is 15.9. The highest BCUT2D eigenvalue weighted by atomic mass is 35.5. The number of carbonyl (C=O) groups is 3. The Labute approximate surface area is 294 Å². The van der Waals surface area contributed by atoms with Gasteiger partial charge in [0.2, 0.25) is 5.91 Å². The summed E-state index contributed by atoms with van der Waals surface area (Å²) in [4.78, 5) is 52.0. The summed E-state index contributed by atoms with van der Waals surface area (Å²) >= 11 is 13.4. The number of para-hydroxylation sites is 1. The number of carbonyl (C=O) groups excluding carboxylic acids is 3. The number of ketones is 1. The van der Waals surface area contributed by atoms with Gasteiger partial charge in [0.05, 0.1) is 22.7 Å². The molecule has 3 aromatic heterocycles. The number of ether oxygens (including phenoxy) is 2. The Bertz CT molecular complexity index is 2000. The molecule has 0 unspecified atom stereocenters. The topological polar surface area (TPSA) is 129 Å². The third-order valence-corrected chi connectivity index (χ3v) is 8.67. The van der Waals surface area contributed by atoms with Crippen LogP contribution in [0, 0.1) is 6.92 Å². The van der Waals surface area contributed by atoms with Gasteiger partial charge in [-0.25, -0.2) is 9.97 Å². The normalized spacial score (nSPS) is 11.0. The van der Waals surface area contributed by atoms with Gasteiger partial charge in [0.25, 0.3) is 5.91 Å². The number of nitrogens with one attached hydrogen (secondary N) is 1. The number of amides is 2. The number of aromatic nitrogens is 4. The van der Waals surface area contributed by atoms with E-state index in [1.54, 1.807) is 43.8 Å². The number of Topliss-reactive ketones (excluding diaryl/α,β-unsaturated/α-hetero) is 1. The van der Waals surface area contributed by atoms with E-state index < -0.39 is 0 Å². The lowest BCUT2D eigenvalue weighted by Gasteiger charge is -2.21. The Hall–Kier alpha value is -5.00. The maximum Gasteiger partial charge on any atom is 0.269 e. The molecule has 3 heterocycles. The van der Waals surface area contributed by atoms with Crippen LogP contribution in [0.1, 0.15) is 52.3 Å². The highest BCUT2D eigenvalue weighted by molar-refractivity contribution is 6.38. The van der Waals surface area contributed by atoms with Crippen LogP contribution >= 0.6 is 23.2 Å². The zero-order chi connectivity index (χ0) is 35.1. The molecule has 0 aliphatic heterocycles. The molecule has 0 saturated heterocycles. The zero-order valence-electron chi connectivity index (χ0n) is 27.6. The molecule has 0 saturated carbocycles. The lowest BCUT2D eigenvalue weighted by molar-refractivity contribution is -0.123. The fourth-order valence-electron chi connectivity index (χ4n) is 5.16. The van der Waals surface area contributed by atoms with Crippen molar-refractivity contribution in [2.45, 2.75) is 45.8 Å². The van der Waals surface area contributed by atoms with Crippen molar-refractivity contribution in [2.75, 3.05) is 19.0 Å². The number of pyridine rings is 2. The first kappa shape index (κ1) is 35.3. The molecular weight excluding hydrogens is 667 g/mol. The summed E-state index contributed by atoms with van der Waals surface area (Å²) in [5, 5.41) is 3.95. The molecule has 11 nitrogen and oxygen atoms in total. The van der Waals surface area contributed by atoms with Crippen LogP contribution in [-0.2, 0) is 36.3 Å². The van der Waals surface area contributed by atoms with Gasteiger partial charge in [0, 0.05) is 80.5 Å². The first-order chi connectivity index (χ1) is 23.5. The van der Waals surface area contributed by atoms with E-state index in [0.29, 0.717) is 52.0 Å². The minimum atomic E-state index is -0.277. The Morgan fingerprint density at radius 3 is 2.47 bits per heavy atom. The predicted molar refractivity (Wildman–Crippen MR) is 188 cm³/mol. The zero-order valence-corrected chi connectivity index (χ0v) is 29.1. The van der Waals surface area contributed by atoms with E-state index in [1.807, 2.05) is 49.0 Å². The van der Waals surface area contributed by atoms with Gasteiger partial charge in [0.15, 0.2) is 0 Å². The average Bonchev–Trinajstić information content (AvgIpc) is 3.52. The number of hydrogen-bond donors (Lipinski definition) is 1. The Morgan fingerprint density at radius 2 is 1.76 bits per heavy atom. The van der Waals surface area contributed by atoms with E-state index in [0.717, 1.165) is 22.3 Å². The van der Waals surface area contributed by atoms with Gasteiger partial charge >= 0.3 is 0 Å². The van der Waals surface area contributed by atoms with Crippen LogP contribution in [0.4, 0.5) is 5.69 Å². The fraction of sp³-hybridized carbons (Fsp3) is 0.278. The van der Waals surface area contributed by atoms with Crippen molar-refractivity contribution in [1.82, 2.24) is 24.8 Å². The Balaban J connectivity index is 1.21. The smallest absolute Gasteiger partial charge is 0.269 e. The van der Waals surface area contributed by atoms with Crippen LogP contribution in [-0.4, -0.2) is 51.2 Å². The van der Waals surface area contributed by atoms with E-state index in [9.17, 15) is 14.4 Å². The van der Waals surface area contributed by atoms with Gasteiger partial charge in [-0.3, -0.25) is 19.4 Å². The van der Waals surface area contributed by atoms with Crippen molar-refractivity contribution in [3.63, 3.8) is 0 Å². The Kier molecular flexibility index (Phi) is 11.5. The number of nitrogens with zero attached hydrogens (tertiary/aromatic N) is 5. The molecule has 5 aromatic rings. The molecule has 13 heteroatoms. The molecule has 2 aromatic carbocycles.